The molecule has 1 amide bonds. The third kappa shape index (κ3) is 1.37. The zero-order chi connectivity index (χ0) is 10.0. The van der Waals surface area contributed by atoms with Crippen LogP contribution in [0.15, 0.2) is 18.5 Å². The fraction of sp³-hybridized carbons (Fsp3) is 0.400. The van der Waals surface area contributed by atoms with Crippen molar-refractivity contribution in [2.24, 2.45) is 0 Å². The summed E-state index contributed by atoms with van der Waals surface area (Å²) >= 11 is 0. The van der Waals surface area contributed by atoms with Gasteiger partial charge in [0.05, 0.1) is 0 Å². The maximum Gasteiger partial charge on any atom is 0.209 e. The van der Waals surface area contributed by atoms with Gasteiger partial charge in [0.1, 0.15) is 0 Å². The molecule has 1 aliphatic carbocycles. The number of nitrogens with one attached hydrogen (secondary N) is 1. The summed E-state index contributed by atoms with van der Waals surface area (Å²) in [5.74, 6) is 0. The molecule has 2 N–H and O–H groups in total. The fourth-order valence-electron chi connectivity index (χ4n) is 1.95. The molecule has 1 heterocycles. The molecule has 14 heavy (non-hydrogen) atoms. The molecule has 0 saturated heterocycles. The van der Waals surface area contributed by atoms with Crippen LogP contribution in [0, 0.1) is 0 Å². The van der Waals surface area contributed by atoms with Crippen molar-refractivity contribution in [1.82, 2.24) is 10.3 Å². The number of aryl methyl sites for hydroxylation is 1. The quantitative estimate of drug-likeness (QED) is 0.523. The smallest absolute Gasteiger partial charge is 0.209 e. The first-order valence-electron chi connectivity index (χ1n) is 4.63. The van der Waals surface area contributed by atoms with E-state index in [1.165, 1.54) is 0 Å². The molecule has 0 bridgehead atoms. The molecule has 0 aliphatic heterocycles. The first-order valence-corrected chi connectivity index (χ1v) is 4.63. The summed E-state index contributed by atoms with van der Waals surface area (Å²) in [6.07, 6.45) is 6.23. The van der Waals surface area contributed by atoms with E-state index in [0.717, 1.165) is 24.0 Å². The first kappa shape index (κ1) is 9.15. The minimum Gasteiger partial charge on any atom is -0.367 e. The number of hydrogen-bond acceptors (Lipinski definition) is 3. The summed E-state index contributed by atoms with van der Waals surface area (Å²) in [4.78, 5) is 14.4. The van der Waals surface area contributed by atoms with E-state index in [1.807, 2.05) is 0 Å². The van der Waals surface area contributed by atoms with Crippen LogP contribution >= 0.6 is 0 Å². The van der Waals surface area contributed by atoms with Gasteiger partial charge >= 0.3 is 0 Å². The molecule has 0 saturated carbocycles. The van der Waals surface area contributed by atoms with E-state index in [4.69, 9.17) is 0 Å². The Morgan fingerprint density at radius 1 is 1.64 bits per heavy atom. The van der Waals surface area contributed by atoms with Crippen LogP contribution in [-0.2, 0) is 16.9 Å². The lowest BCUT2D eigenvalue weighted by molar-refractivity contribution is -0.118. The van der Waals surface area contributed by atoms with Gasteiger partial charge in [-0.25, -0.2) is 0 Å². The first-order chi connectivity index (χ1) is 6.76. The van der Waals surface area contributed by atoms with Crippen LogP contribution in [-0.4, -0.2) is 16.5 Å². The lowest BCUT2D eigenvalue weighted by atomic mass is 9.86. The van der Waals surface area contributed by atoms with E-state index in [1.54, 1.807) is 18.5 Å². The van der Waals surface area contributed by atoms with E-state index in [0.29, 0.717) is 12.8 Å². The van der Waals surface area contributed by atoms with Gasteiger partial charge in [0.2, 0.25) is 6.41 Å². The molecule has 1 atom stereocenters. The molecule has 4 nitrogen and oxygen atoms in total. The minimum absolute atomic E-state index is 0.537. The number of nitrogens with zero attached hydrogens (tertiary/aromatic N) is 1. The molecular weight excluding hydrogens is 180 g/mol. The van der Waals surface area contributed by atoms with Crippen LogP contribution in [0.5, 0.6) is 0 Å². The van der Waals surface area contributed by atoms with Crippen molar-refractivity contribution in [3.63, 3.8) is 0 Å². The summed E-state index contributed by atoms with van der Waals surface area (Å²) in [6, 6.07) is 1.75. The van der Waals surface area contributed by atoms with Gasteiger partial charge < -0.3 is 10.4 Å². The molecule has 0 aromatic carbocycles. The summed E-state index contributed by atoms with van der Waals surface area (Å²) < 4.78 is 0. The molecule has 0 fully saturated rings. The lowest BCUT2D eigenvalue weighted by Gasteiger charge is -2.33. The van der Waals surface area contributed by atoms with Gasteiger partial charge in [-0.15, -0.1) is 0 Å². The van der Waals surface area contributed by atoms with Crippen LogP contribution < -0.4 is 5.32 Å². The highest BCUT2D eigenvalue weighted by molar-refractivity contribution is 5.49. The zero-order valence-corrected chi connectivity index (χ0v) is 7.73. The number of carbonyl (C=O) groups excluding carboxylic acids is 1. The Labute approximate surface area is 82.0 Å². The highest BCUT2D eigenvalue weighted by Crippen LogP contribution is 2.31. The van der Waals surface area contributed by atoms with Crippen LogP contribution in [0.3, 0.4) is 0 Å². The molecule has 1 aromatic rings. The van der Waals surface area contributed by atoms with E-state index in [-0.39, 0.29) is 0 Å². The van der Waals surface area contributed by atoms with Crippen molar-refractivity contribution in [2.75, 3.05) is 0 Å². The highest BCUT2D eigenvalue weighted by atomic mass is 16.3. The van der Waals surface area contributed by atoms with Crippen molar-refractivity contribution < 1.29 is 9.90 Å². The number of aliphatic hydroxyl groups is 1. The van der Waals surface area contributed by atoms with Gasteiger partial charge in [-0.1, -0.05) is 0 Å². The second-order valence-electron chi connectivity index (χ2n) is 3.51. The molecule has 74 valence electrons. The molecule has 2 rings (SSSR count). The summed E-state index contributed by atoms with van der Waals surface area (Å²) in [6.45, 7) is 0. The van der Waals surface area contributed by atoms with Crippen molar-refractivity contribution in [3.8, 4) is 0 Å². The third-order valence-electron chi connectivity index (χ3n) is 2.63. The number of rotatable bonds is 2. The van der Waals surface area contributed by atoms with E-state index in [9.17, 15) is 9.90 Å². The Balaban J connectivity index is 2.44. The van der Waals surface area contributed by atoms with Gasteiger partial charge in [0.15, 0.2) is 5.72 Å². The molecule has 1 unspecified atom stereocenters. The standard InChI is InChI=1S/C10H12N2O2/c13-7-12-10(14)4-1-2-8-6-11-5-3-9(8)10/h3,5-7,14H,1-2,4H2,(H,12,13). The van der Waals surface area contributed by atoms with Crippen molar-refractivity contribution in [2.45, 2.75) is 25.0 Å². The summed E-state index contributed by atoms with van der Waals surface area (Å²) in [5.41, 5.74) is 0.583. The second kappa shape index (κ2) is 3.38. The fourth-order valence-corrected chi connectivity index (χ4v) is 1.95. The van der Waals surface area contributed by atoms with Gasteiger partial charge in [-0.3, -0.25) is 9.78 Å². The molecule has 1 aliphatic rings. The predicted molar refractivity (Wildman–Crippen MR) is 50.3 cm³/mol. The highest BCUT2D eigenvalue weighted by Gasteiger charge is 2.33. The predicted octanol–water partition coefficient (Wildman–Crippen LogP) is 0.309. The Bertz CT molecular complexity index is 354. The van der Waals surface area contributed by atoms with Crippen LogP contribution in [0.25, 0.3) is 0 Å². The maximum atomic E-state index is 10.4. The molecule has 4 heteroatoms. The van der Waals surface area contributed by atoms with Gasteiger partial charge in [0, 0.05) is 18.0 Å². The maximum absolute atomic E-state index is 10.4. The number of pyridine rings is 1. The van der Waals surface area contributed by atoms with Crippen LogP contribution in [0.2, 0.25) is 0 Å². The van der Waals surface area contributed by atoms with Crippen LogP contribution in [0.1, 0.15) is 24.0 Å². The summed E-state index contributed by atoms with van der Waals surface area (Å²) in [7, 11) is 0. The van der Waals surface area contributed by atoms with Crippen molar-refractivity contribution >= 4 is 6.41 Å². The second-order valence-corrected chi connectivity index (χ2v) is 3.51. The topological polar surface area (TPSA) is 62.2 Å². The number of fused-ring (bicyclic) bond motifs is 1. The monoisotopic (exact) mass is 192 g/mol. The van der Waals surface area contributed by atoms with Crippen molar-refractivity contribution in [1.29, 1.82) is 0 Å². The largest absolute Gasteiger partial charge is 0.367 e. The average molecular weight is 192 g/mol. The number of carbonyl (C=O) groups is 1. The Morgan fingerprint density at radius 3 is 3.29 bits per heavy atom. The normalized spacial score (nSPS) is 25.2. The Kier molecular flexibility index (Phi) is 2.21. The van der Waals surface area contributed by atoms with E-state index >= 15 is 0 Å². The SMILES string of the molecule is O=CNC1(O)CCCc2cnccc21. The third-order valence-corrected chi connectivity index (χ3v) is 2.63. The van der Waals surface area contributed by atoms with Gasteiger partial charge in [-0.2, -0.15) is 0 Å². The van der Waals surface area contributed by atoms with Crippen molar-refractivity contribution in [3.05, 3.63) is 29.6 Å². The molecule has 0 radical (unpaired) electrons. The van der Waals surface area contributed by atoms with Gasteiger partial charge in [-0.05, 0) is 30.9 Å². The number of amides is 1. The summed E-state index contributed by atoms with van der Waals surface area (Å²) in [5, 5.41) is 12.6. The molecule has 0 spiro atoms. The van der Waals surface area contributed by atoms with Crippen LogP contribution in [0.4, 0.5) is 0 Å². The molecular formula is C10H12N2O2. The average Bonchev–Trinajstić information content (AvgIpc) is 2.19. The lowest BCUT2D eigenvalue weighted by Crippen LogP contribution is -2.44. The zero-order valence-electron chi connectivity index (χ0n) is 7.73. The molecule has 1 aromatic heterocycles. The van der Waals surface area contributed by atoms with Gasteiger partial charge in [0.25, 0.3) is 0 Å². The number of hydrogen-bond donors (Lipinski definition) is 2. The van der Waals surface area contributed by atoms with E-state index in [2.05, 4.69) is 10.3 Å². The minimum atomic E-state index is -1.20. The number of aromatic nitrogens is 1. The Hall–Kier alpha value is -1.42. The Morgan fingerprint density at radius 2 is 2.50 bits per heavy atom. The van der Waals surface area contributed by atoms with E-state index < -0.39 is 5.72 Å².